The number of sulfonamides is 1. The Labute approximate surface area is 224 Å². The van der Waals surface area contributed by atoms with Crippen LogP contribution in [0.5, 0.6) is 0 Å². The van der Waals surface area contributed by atoms with Crippen LogP contribution in [0.2, 0.25) is 0 Å². The van der Waals surface area contributed by atoms with Gasteiger partial charge in [0.15, 0.2) is 5.13 Å². The van der Waals surface area contributed by atoms with Crippen LogP contribution in [-0.4, -0.2) is 36.7 Å². The van der Waals surface area contributed by atoms with E-state index in [1.807, 2.05) is 50.2 Å². The van der Waals surface area contributed by atoms with Gasteiger partial charge in [-0.05, 0) is 67.6 Å². The van der Waals surface area contributed by atoms with E-state index in [2.05, 4.69) is 6.07 Å². The van der Waals surface area contributed by atoms with E-state index in [9.17, 15) is 22.0 Å². The Morgan fingerprint density at radius 1 is 1.03 bits per heavy atom. The zero-order valence-corrected chi connectivity index (χ0v) is 22.7. The highest BCUT2D eigenvalue weighted by Crippen LogP contribution is 2.34. The second kappa shape index (κ2) is 10.5. The molecule has 198 valence electrons. The molecule has 38 heavy (non-hydrogen) atoms. The number of anilines is 1. The molecule has 0 bridgehead atoms. The first-order valence-corrected chi connectivity index (χ1v) is 14.6. The van der Waals surface area contributed by atoms with Crippen LogP contribution in [0.3, 0.4) is 0 Å². The molecule has 2 heterocycles. The molecule has 0 saturated carbocycles. The molecule has 3 aromatic carbocycles. The number of hydrogen-bond acceptors (Lipinski definition) is 5. The smallest absolute Gasteiger partial charge is 0.245 e. The Balaban J connectivity index is 1.39. The minimum absolute atomic E-state index is 0.0625. The summed E-state index contributed by atoms with van der Waals surface area (Å²) in [6.07, 6.45) is 0.574. The Hall–Kier alpha value is -3.21. The molecular formula is C28H27F2N3O3S2. The van der Waals surface area contributed by atoms with Gasteiger partial charge < -0.3 is 0 Å². The fourth-order valence-corrected chi connectivity index (χ4v) is 7.24. The van der Waals surface area contributed by atoms with Gasteiger partial charge in [0.2, 0.25) is 15.9 Å². The van der Waals surface area contributed by atoms with Crippen molar-refractivity contribution in [1.82, 2.24) is 9.29 Å². The Morgan fingerprint density at radius 2 is 1.71 bits per heavy atom. The lowest BCUT2D eigenvalue weighted by molar-refractivity contribution is -0.123. The second-order valence-corrected chi connectivity index (χ2v) is 12.5. The van der Waals surface area contributed by atoms with Gasteiger partial charge >= 0.3 is 0 Å². The summed E-state index contributed by atoms with van der Waals surface area (Å²) in [7, 11) is -4.15. The van der Waals surface area contributed by atoms with E-state index in [4.69, 9.17) is 4.98 Å². The molecule has 0 N–H and O–H groups in total. The third-order valence-electron chi connectivity index (χ3n) is 6.99. The SMILES string of the molecule is Cc1cc2nc(N(Cc3ccccc3)C(=O)C3CCN(S(=O)(=O)c4ccc(F)cc4F)CC3)sc2cc1C. The standard InChI is InChI=1S/C28H27F2N3O3S2/c1-18-14-24-25(15-19(18)2)37-28(31-24)33(17-20-6-4-3-5-7-20)27(34)21-10-12-32(13-11-21)38(35,36)26-9-8-22(29)16-23(26)30/h3-9,14-16,21H,10-13,17H2,1-2H3. The van der Waals surface area contributed by atoms with Crippen molar-refractivity contribution in [3.8, 4) is 0 Å². The van der Waals surface area contributed by atoms with Gasteiger partial charge in [0.05, 0.1) is 16.8 Å². The van der Waals surface area contributed by atoms with E-state index in [1.165, 1.54) is 11.3 Å². The van der Waals surface area contributed by atoms with Crippen LogP contribution in [0.25, 0.3) is 10.2 Å². The van der Waals surface area contributed by atoms with Crippen molar-refractivity contribution in [1.29, 1.82) is 0 Å². The van der Waals surface area contributed by atoms with Crippen molar-refractivity contribution in [2.75, 3.05) is 18.0 Å². The monoisotopic (exact) mass is 555 g/mol. The van der Waals surface area contributed by atoms with E-state index >= 15 is 0 Å². The fraction of sp³-hybridized carbons (Fsp3) is 0.286. The predicted octanol–water partition coefficient (Wildman–Crippen LogP) is 5.83. The summed E-state index contributed by atoms with van der Waals surface area (Å²) in [4.78, 5) is 19.8. The first-order valence-electron chi connectivity index (χ1n) is 12.3. The summed E-state index contributed by atoms with van der Waals surface area (Å²) in [5.74, 6) is -2.51. The maximum Gasteiger partial charge on any atom is 0.245 e. The van der Waals surface area contributed by atoms with Gasteiger partial charge in [-0.3, -0.25) is 9.69 Å². The normalized spacial score (nSPS) is 15.2. The molecule has 1 saturated heterocycles. The van der Waals surface area contributed by atoms with Crippen LogP contribution in [0.4, 0.5) is 13.9 Å². The lowest BCUT2D eigenvalue weighted by atomic mass is 9.96. The maximum absolute atomic E-state index is 14.2. The number of fused-ring (bicyclic) bond motifs is 1. The maximum atomic E-state index is 14.2. The van der Waals surface area contributed by atoms with Crippen molar-refractivity contribution in [2.24, 2.45) is 5.92 Å². The fourth-order valence-electron chi connectivity index (χ4n) is 4.68. The van der Waals surface area contributed by atoms with Crippen molar-refractivity contribution in [2.45, 2.75) is 38.1 Å². The van der Waals surface area contributed by atoms with E-state index in [1.54, 1.807) is 4.90 Å². The molecule has 4 aromatic rings. The van der Waals surface area contributed by atoms with Crippen LogP contribution in [0.1, 0.15) is 29.5 Å². The molecule has 0 unspecified atom stereocenters. The van der Waals surface area contributed by atoms with Gasteiger partial charge in [0, 0.05) is 25.1 Å². The number of thiazole rings is 1. The van der Waals surface area contributed by atoms with Crippen LogP contribution >= 0.6 is 11.3 Å². The molecule has 1 amide bonds. The number of amides is 1. The van der Waals surface area contributed by atoms with Crippen LogP contribution in [-0.2, 0) is 21.4 Å². The number of halogens is 2. The van der Waals surface area contributed by atoms with Crippen LogP contribution in [0, 0.1) is 31.4 Å². The summed E-state index contributed by atoms with van der Waals surface area (Å²) in [5.41, 5.74) is 4.07. The Morgan fingerprint density at radius 3 is 2.39 bits per heavy atom. The van der Waals surface area contributed by atoms with E-state index < -0.39 is 32.5 Å². The number of rotatable bonds is 6. The second-order valence-electron chi connectivity index (χ2n) is 9.56. The number of carbonyl (C=O) groups excluding carboxylic acids is 1. The van der Waals surface area contributed by atoms with E-state index in [0.717, 1.165) is 43.3 Å². The zero-order chi connectivity index (χ0) is 27.0. The van der Waals surface area contributed by atoms with Crippen molar-refractivity contribution in [3.05, 3.63) is 89.0 Å². The minimum atomic E-state index is -4.15. The van der Waals surface area contributed by atoms with Gasteiger partial charge in [0.1, 0.15) is 16.5 Å². The number of nitrogens with zero attached hydrogens (tertiary/aromatic N) is 3. The predicted molar refractivity (Wildman–Crippen MR) is 145 cm³/mol. The largest absolute Gasteiger partial charge is 0.283 e. The van der Waals surface area contributed by atoms with Crippen LogP contribution < -0.4 is 4.90 Å². The molecule has 1 aliphatic rings. The average Bonchev–Trinajstić information content (AvgIpc) is 3.29. The summed E-state index contributed by atoms with van der Waals surface area (Å²) < 4.78 is 55.7. The van der Waals surface area contributed by atoms with E-state index in [-0.39, 0.29) is 31.8 Å². The quantitative estimate of drug-likeness (QED) is 0.300. The molecule has 6 nitrogen and oxygen atoms in total. The van der Waals surface area contributed by atoms with Crippen molar-refractivity contribution >= 4 is 42.6 Å². The molecule has 1 fully saturated rings. The highest BCUT2D eigenvalue weighted by Gasteiger charge is 2.36. The zero-order valence-electron chi connectivity index (χ0n) is 21.0. The Bertz CT molecular complexity index is 1560. The summed E-state index contributed by atoms with van der Waals surface area (Å²) in [6, 6.07) is 16.2. The molecular weight excluding hydrogens is 528 g/mol. The lowest BCUT2D eigenvalue weighted by Crippen LogP contribution is -2.44. The first kappa shape index (κ1) is 26.4. The number of aromatic nitrogens is 1. The van der Waals surface area contributed by atoms with Gasteiger partial charge in [0.25, 0.3) is 0 Å². The Kier molecular flexibility index (Phi) is 7.30. The number of carbonyl (C=O) groups is 1. The molecule has 10 heteroatoms. The summed E-state index contributed by atoms with van der Waals surface area (Å²) in [6.45, 7) is 4.54. The summed E-state index contributed by atoms with van der Waals surface area (Å²) >= 11 is 1.46. The number of hydrogen-bond donors (Lipinski definition) is 0. The van der Waals surface area contributed by atoms with Gasteiger partial charge in [-0.1, -0.05) is 41.7 Å². The molecule has 5 rings (SSSR count). The molecule has 1 aliphatic heterocycles. The van der Waals surface area contributed by atoms with Gasteiger partial charge in [-0.2, -0.15) is 4.31 Å². The van der Waals surface area contributed by atoms with Gasteiger partial charge in [-0.25, -0.2) is 22.2 Å². The third kappa shape index (κ3) is 5.21. The highest BCUT2D eigenvalue weighted by molar-refractivity contribution is 7.89. The third-order valence-corrected chi connectivity index (χ3v) is 9.96. The molecule has 1 aromatic heterocycles. The van der Waals surface area contributed by atoms with Crippen molar-refractivity contribution < 1.29 is 22.0 Å². The number of piperidine rings is 1. The topological polar surface area (TPSA) is 70.6 Å². The van der Waals surface area contributed by atoms with E-state index in [0.29, 0.717) is 17.7 Å². The lowest BCUT2D eigenvalue weighted by Gasteiger charge is -2.33. The minimum Gasteiger partial charge on any atom is -0.283 e. The molecule has 0 radical (unpaired) electrons. The molecule has 0 atom stereocenters. The van der Waals surface area contributed by atoms with Crippen LogP contribution in [0.15, 0.2) is 65.6 Å². The molecule has 0 spiro atoms. The number of benzene rings is 3. The van der Waals surface area contributed by atoms with Gasteiger partial charge in [-0.15, -0.1) is 0 Å². The summed E-state index contributed by atoms with van der Waals surface area (Å²) in [5, 5.41) is 0.599. The molecule has 0 aliphatic carbocycles. The average molecular weight is 556 g/mol. The number of aryl methyl sites for hydroxylation is 2. The van der Waals surface area contributed by atoms with Crippen molar-refractivity contribution in [3.63, 3.8) is 0 Å². The first-order chi connectivity index (χ1) is 18.1. The highest BCUT2D eigenvalue weighted by atomic mass is 32.2.